The highest BCUT2D eigenvalue weighted by Gasteiger charge is 2.26. The van der Waals surface area contributed by atoms with Gasteiger partial charge in [0.15, 0.2) is 0 Å². The first kappa shape index (κ1) is 19.6. The fourth-order valence-electron chi connectivity index (χ4n) is 3.10. The molecule has 0 bridgehead atoms. The van der Waals surface area contributed by atoms with E-state index in [2.05, 4.69) is 15.9 Å². The van der Waals surface area contributed by atoms with Crippen LogP contribution in [0, 0.1) is 0 Å². The van der Waals surface area contributed by atoms with Crippen molar-refractivity contribution in [3.63, 3.8) is 0 Å². The van der Waals surface area contributed by atoms with Crippen molar-refractivity contribution in [2.24, 2.45) is 12.2 Å². The number of hydrogen-bond acceptors (Lipinski definition) is 3. The second-order valence-electron chi connectivity index (χ2n) is 6.45. The van der Waals surface area contributed by atoms with E-state index in [4.69, 9.17) is 5.14 Å². The van der Waals surface area contributed by atoms with Crippen LogP contribution in [-0.4, -0.2) is 30.8 Å². The van der Waals surface area contributed by atoms with Crippen molar-refractivity contribution in [1.82, 2.24) is 9.47 Å². The molecule has 0 radical (unpaired) electrons. The number of aryl methyl sites for hydroxylation is 1. The summed E-state index contributed by atoms with van der Waals surface area (Å²) in [5.41, 5.74) is 2.17. The predicted octanol–water partition coefficient (Wildman–Crippen LogP) is 3.42. The Kier molecular flexibility index (Phi) is 5.16. The number of nitrogens with zero attached hydrogens (tertiary/aromatic N) is 2. The van der Waals surface area contributed by atoms with E-state index in [1.807, 2.05) is 42.8 Å². The fraction of sp³-hybridized carbons (Fsp3) is 0.211. The van der Waals surface area contributed by atoms with Crippen LogP contribution in [0.3, 0.4) is 0 Å². The van der Waals surface area contributed by atoms with Crippen LogP contribution in [0.2, 0.25) is 0 Å². The van der Waals surface area contributed by atoms with Gasteiger partial charge in [-0.3, -0.25) is 4.79 Å². The quantitative estimate of drug-likeness (QED) is 0.661. The van der Waals surface area contributed by atoms with Crippen LogP contribution in [0.25, 0.3) is 10.9 Å². The first-order valence-corrected chi connectivity index (χ1v) is 10.6. The SMILES string of the molecule is CC(c1cccc(S(N)(=O)=O)c1)N(C)C(=O)c1c(Br)c2ccccc2n1C. The molecular weight excluding hydrogens is 430 g/mol. The number of hydrogen-bond donors (Lipinski definition) is 1. The molecule has 0 aliphatic rings. The van der Waals surface area contributed by atoms with E-state index in [9.17, 15) is 13.2 Å². The van der Waals surface area contributed by atoms with Gasteiger partial charge in [0.2, 0.25) is 10.0 Å². The van der Waals surface area contributed by atoms with E-state index in [0.29, 0.717) is 11.3 Å². The maximum atomic E-state index is 13.2. The third-order valence-electron chi connectivity index (χ3n) is 4.82. The minimum atomic E-state index is -3.80. The molecule has 0 aliphatic heterocycles. The number of amides is 1. The molecule has 1 unspecified atom stereocenters. The Morgan fingerprint density at radius 2 is 1.85 bits per heavy atom. The van der Waals surface area contributed by atoms with Gasteiger partial charge in [0.05, 0.1) is 15.4 Å². The summed E-state index contributed by atoms with van der Waals surface area (Å²) in [5.74, 6) is -0.172. The molecule has 1 heterocycles. The lowest BCUT2D eigenvalue weighted by atomic mass is 10.1. The minimum Gasteiger partial charge on any atom is -0.339 e. The number of para-hydroxylation sites is 1. The maximum absolute atomic E-state index is 13.2. The van der Waals surface area contributed by atoms with Crippen molar-refractivity contribution in [2.75, 3.05) is 7.05 Å². The highest BCUT2D eigenvalue weighted by molar-refractivity contribution is 9.10. The van der Waals surface area contributed by atoms with Crippen molar-refractivity contribution >= 4 is 42.8 Å². The molecule has 2 aromatic carbocycles. The van der Waals surface area contributed by atoms with E-state index in [1.165, 1.54) is 12.1 Å². The Bertz CT molecular complexity index is 1100. The lowest BCUT2D eigenvalue weighted by Gasteiger charge is -2.26. The molecule has 142 valence electrons. The Morgan fingerprint density at radius 3 is 2.48 bits per heavy atom. The van der Waals surface area contributed by atoms with Crippen LogP contribution in [0.5, 0.6) is 0 Å². The number of aromatic nitrogens is 1. The largest absolute Gasteiger partial charge is 0.339 e. The second-order valence-corrected chi connectivity index (χ2v) is 8.80. The molecule has 3 aromatic rings. The molecule has 0 spiro atoms. The van der Waals surface area contributed by atoms with Gasteiger partial charge in [-0.2, -0.15) is 0 Å². The van der Waals surface area contributed by atoms with Gasteiger partial charge in [0, 0.05) is 25.0 Å². The van der Waals surface area contributed by atoms with E-state index in [-0.39, 0.29) is 16.8 Å². The summed E-state index contributed by atoms with van der Waals surface area (Å²) >= 11 is 3.55. The monoisotopic (exact) mass is 449 g/mol. The van der Waals surface area contributed by atoms with Gasteiger partial charge in [-0.1, -0.05) is 30.3 Å². The lowest BCUT2D eigenvalue weighted by molar-refractivity contribution is 0.0732. The summed E-state index contributed by atoms with van der Waals surface area (Å²) in [6, 6.07) is 13.7. The van der Waals surface area contributed by atoms with Gasteiger partial charge in [0.1, 0.15) is 5.69 Å². The molecule has 2 N–H and O–H groups in total. The zero-order chi connectivity index (χ0) is 19.9. The predicted molar refractivity (Wildman–Crippen MR) is 109 cm³/mol. The Hall–Kier alpha value is -2.16. The van der Waals surface area contributed by atoms with Crippen molar-refractivity contribution in [3.8, 4) is 0 Å². The molecule has 6 nitrogen and oxygen atoms in total. The van der Waals surface area contributed by atoms with E-state index in [0.717, 1.165) is 15.4 Å². The summed E-state index contributed by atoms with van der Waals surface area (Å²) < 4.78 is 25.8. The summed E-state index contributed by atoms with van der Waals surface area (Å²) in [7, 11) is -0.260. The molecule has 3 rings (SSSR count). The first-order valence-electron chi connectivity index (χ1n) is 8.25. The number of rotatable bonds is 4. The number of fused-ring (bicyclic) bond motifs is 1. The zero-order valence-corrected chi connectivity index (χ0v) is 17.6. The van der Waals surface area contributed by atoms with Crippen LogP contribution >= 0.6 is 15.9 Å². The summed E-state index contributed by atoms with van der Waals surface area (Å²) in [6.45, 7) is 1.84. The summed E-state index contributed by atoms with van der Waals surface area (Å²) in [6.07, 6.45) is 0. The lowest BCUT2D eigenvalue weighted by Crippen LogP contribution is -2.31. The van der Waals surface area contributed by atoms with E-state index < -0.39 is 10.0 Å². The Labute approximate surface area is 166 Å². The topological polar surface area (TPSA) is 85.4 Å². The number of carbonyl (C=O) groups is 1. The second kappa shape index (κ2) is 7.10. The van der Waals surface area contributed by atoms with Crippen molar-refractivity contribution < 1.29 is 13.2 Å². The average Bonchev–Trinajstić information content (AvgIpc) is 2.90. The standard InChI is InChI=1S/C19H20BrN3O3S/c1-12(13-7-6-8-14(11-13)27(21,25)26)22(2)19(24)18-17(20)15-9-4-5-10-16(15)23(18)3/h4-12H,1-3H3,(H2,21,25,26). The normalized spacial score (nSPS) is 12.9. The van der Waals surface area contributed by atoms with Crippen molar-refractivity contribution in [3.05, 3.63) is 64.3 Å². The van der Waals surface area contributed by atoms with Crippen LogP contribution in [0.15, 0.2) is 57.9 Å². The van der Waals surface area contributed by atoms with Gasteiger partial charge >= 0.3 is 0 Å². The molecular formula is C19H20BrN3O3S. The number of halogens is 1. The highest BCUT2D eigenvalue weighted by Crippen LogP contribution is 2.32. The van der Waals surface area contributed by atoms with Crippen LogP contribution in [0.1, 0.15) is 29.0 Å². The smallest absolute Gasteiger partial charge is 0.271 e. The molecule has 1 aromatic heterocycles. The van der Waals surface area contributed by atoms with Gasteiger partial charge in [0.25, 0.3) is 5.91 Å². The van der Waals surface area contributed by atoms with E-state index in [1.54, 1.807) is 24.1 Å². The molecule has 1 amide bonds. The van der Waals surface area contributed by atoms with Crippen LogP contribution in [-0.2, 0) is 17.1 Å². The molecule has 0 aliphatic carbocycles. The Morgan fingerprint density at radius 1 is 1.19 bits per heavy atom. The minimum absolute atomic E-state index is 0.0264. The molecule has 8 heteroatoms. The van der Waals surface area contributed by atoms with E-state index >= 15 is 0 Å². The molecule has 0 fully saturated rings. The van der Waals surface area contributed by atoms with Gasteiger partial charge in [-0.25, -0.2) is 13.6 Å². The molecule has 0 saturated carbocycles. The average molecular weight is 450 g/mol. The molecule has 0 saturated heterocycles. The number of carbonyl (C=O) groups excluding carboxylic acids is 1. The molecule has 1 atom stereocenters. The number of primary sulfonamides is 1. The van der Waals surface area contributed by atoms with Crippen LogP contribution < -0.4 is 5.14 Å². The number of nitrogens with two attached hydrogens (primary N) is 1. The van der Waals surface area contributed by atoms with Crippen LogP contribution in [0.4, 0.5) is 0 Å². The molecule has 27 heavy (non-hydrogen) atoms. The first-order chi connectivity index (χ1) is 12.6. The van der Waals surface area contributed by atoms with Crippen molar-refractivity contribution in [1.29, 1.82) is 0 Å². The summed E-state index contributed by atoms with van der Waals surface area (Å²) in [4.78, 5) is 14.8. The van der Waals surface area contributed by atoms with Gasteiger partial charge in [-0.05, 0) is 46.6 Å². The van der Waals surface area contributed by atoms with Gasteiger partial charge < -0.3 is 9.47 Å². The third kappa shape index (κ3) is 3.52. The number of sulfonamides is 1. The maximum Gasteiger partial charge on any atom is 0.271 e. The highest BCUT2D eigenvalue weighted by atomic mass is 79.9. The van der Waals surface area contributed by atoms with Gasteiger partial charge in [-0.15, -0.1) is 0 Å². The fourth-order valence-corrected chi connectivity index (χ4v) is 4.44. The van der Waals surface area contributed by atoms with Crippen molar-refractivity contribution in [2.45, 2.75) is 17.9 Å². The third-order valence-corrected chi connectivity index (χ3v) is 6.53. The zero-order valence-electron chi connectivity index (χ0n) is 15.2. The summed E-state index contributed by atoms with van der Waals surface area (Å²) in [5, 5.41) is 6.18. The Balaban J connectivity index is 1.99. The number of benzene rings is 2.